The zero-order valence-corrected chi connectivity index (χ0v) is 29.4. The first kappa shape index (κ1) is 30.5. The first-order valence-corrected chi connectivity index (χ1v) is 18.6. The molecule has 0 amide bonds. The van der Waals surface area contributed by atoms with E-state index in [-0.39, 0.29) is 0 Å². The second-order valence-corrected chi connectivity index (χ2v) is 14.3. The van der Waals surface area contributed by atoms with E-state index in [1.165, 1.54) is 53.1 Å². The average molecular weight is 684 g/mol. The van der Waals surface area contributed by atoms with Crippen LogP contribution in [-0.2, 0) is 6.42 Å². The Bertz CT molecular complexity index is 2940. The minimum Gasteiger partial charge on any atom is -0.309 e. The smallest absolute Gasteiger partial charge is 0.160 e. The van der Waals surface area contributed by atoms with Crippen LogP contribution in [0.3, 0.4) is 0 Å². The first-order chi connectivity index (χ1) is 25.7. The lowest BCUT2D eigenvalue weighted by atomic mass is 9.97. The van der Waals surface area contributed by atoms with E-state index in [2.05, 4.69) is 163 Å². The van der Waals surface area contributed by atoms with Crippen LogP contribution >= 0.6 is 11.3 Å². The van der Waals surface area contributed by atoms with Crippen molar-refractivity contribution < 1.29 is 0 Å². The third-order valence-corrected chi connectivity index (χ3v) is 11.4. The van der Waals surface area contributed by atoms with E-state index in [0.717, 1.165) is 51.6 Å². The summed E-state index contributed by atoms with van der Waals surface area (Å²) >= 11 is 1.88. The van der Waals surface area contributed by atoms with Gasteiger partial charge in [-0.1, -0.05) is 140 Å². The van der Waals surface area contributed by atoms with Crippen molar-refractivity contribution >= 4 is 53.3 Å². The summed E-state index contributed by atoms with van der Waals surface area (Å²) in [7, 11) is 0. The van der Waals surface area contributed by atoms with Crippen LogP contribution in [0.15, 0.2) is 170 Å². The number of hydrogen-bond donors (Lipinski definition) is 0. The third-order valence-electron chi connectivity index (χ3n) is 10.2. The number of benzene rings is 7. The van der Waals surface area contributed by atoms with Gasteiger partial charge < -0.3 is 4.57 Å². The summed E-state index contributed by atoms with van der Waals surface area (Å²) in [5, 5.41) is 5.12. The molecule has 0 aliphatic carbocycles. The van der Waals surface area contributed by atoms with Gasteiger partial charge in [-0.15, -0.1) is 11.3 Å². The summed E-state index contributed by atoms with van der Waals surface area (Å²) in [6.45, 7) is 2.20. The molecule has 0 radical (unpaired) electrons. The molecule has 0 saturated carbocycles. The quantitative estimate of drug-likeness (QED) is 0.175. The highest BCUT2D eigenvalue weighted by atomic mass is 32.1. The predicted octanol–water partition coefficient (Wildman–Crippen LogP) is 13.2. The van der Waals surface area contributed by atoms with Crippen LogP contribution in [0.4, 0.5) is 0 Å². The van der Waals surface area contributed by atoms with Gasteiger partial charge in [-0.3, -0.25) is 0 Å². The van der Waals surface area contributed by atoms with Gasteiger partial charge in [0, 0.05) is 58.9 Å². The van der Waals surface area contributed by atoms with Crippen LogP contribution in [0.5, 0.6) is 0 Å². The van der Waals surface area contributed by atoms with Gasteiger partial charge in [0.15, 0.2) is 5.82 Å². The van der Waals surface area contributed by atoms with Gasteiger partial charge in [-0.25, -0.2) is 9.97 Å². The molecule has 4 heteroatoms. The molecule has 0 aliphatic rings. The highest BCUT2D eigenvalue weighted by molar-refractivity contribution is 7.26. The standard InChI is InChI=1S/C48H33N3S/c1-2-36-45(31-15-5-3-6-16-31)49-48(32-17-7-4-8-18-32)50-46(36)34-19-13-20-35(29-34)51-42-25-11-9-21-38(42)41-30-33(27-28-43(41)51)37-23-14-24-40-39-22-10-12-26-44(39)52-47(37)40/h3-30H,2H2,1H3. The second kappa shape index (κ2) is 12.4. The van der Waals surface area contributed by atoms with Crippen molar-refractivity contribution in [3.63, 3.8) is 0 Å². The van der Waals surface area contributed by atoms with Crippen LogP contribution in [0.2, 0.25) is 0 Å². The number of rotatable bonds is 6. The van der Waals surface area contributed by atoms with Crippen molar-refractivity contribution in [2.75, 3.05) is 0 Å². The van der Waals surface area contributed by atoms with Crippen LogP contribution in [0, 0.1) is 0 Å². The lowest BCUT2D eigenvalue weighted by Crippen LogP contribution is -2.03. The fourth-order valence-electron chi connectivity index (χ4n) is 7.79. The van der Waals surface area contributed by atoms with E-state index in [1.54, 1.807) is 0 Å². The third kappa shape index (κ3) is 4.95. The summed E-state index contributed by atoms with van der Waals surface area (Å²) in [5.74, 6) is 0.732. The Morgan fingerprint density at radius 2 is 1.12 bits per heavy atom. The van der Waals surface area contributed by atoms with Gasteiger partial charge in [0.25, 0.3) is 0 Å². The zero-order chi connectivity index (χ0) is 34.6. The van der Waals surface area contributed by atoms with Crippen molar-refractivity contribution in [3.05, 3.63) is 175 Å². The molecule has 0 N–H and O–H groups in total. The minimum absolute atomic E-state index is 0.732. The Kier molecular flexibility index (Phi) is 7.29. The fourth-order valence-corrected chi connectivity index (χ4v) is 9.03. The van der Waals surface area contributed by atoms with Crippen molar-refractivity contribution in [3.8, 4) is 50.7 Å². The molecule has 0 spiro atoms. The molecule has 10 rings (SSSR count). The van der Waals surface area contributed by atoms with Crippen molar-refractivity contribution in [2.24, 2.45) is 0 Å². The highest BCUT2D eigenvalue weighted by Crippen LogP contribution is 2.42. The van der Waals surface area contributed by atoms with Crippen molar-refractivity contribution in [2.45, 2.75) is 13.3 Å². The van der Waals surface area contributed by atoms with E-state index < -0.39 is 0 Å². The maximum atomic E-state index is 5.28. The minimum atomic E-state index is 0.732. The van der Waals surface area contributed by atoms with E-state index in [4.69, 9.17) is 9.97 Å². The number of para-hydroxylation sites is 1. The molecule has 3 heterocycles. The van der Waals surface area contributed by atoms with Crippen LogP contribution < -0.4 is 0 Å². The fraction of sp³-hybridized carbons (Fsp3) is 0.0417. The topological polar surface area (TPSA) is 30.7 Å². The van der Waals surface area contributed by atoms with E-state index in [0.29, 0.717) is 0 Å². The largest absolute Gasteiger partial charge is 0.309 e. The number of fused-ring (bicyclic) bond motifs is 6. The summed E-state index contributed by atoms with van der Waals surface area (Å²) in [4.78, 5) is 10.5. The highest BCUT2D eigenvalue weighted by Gasteiger charge is 2.20. The van der Waals surface area contributed by atoms with Crippen molar-refractivity contribution in [1.82, 2.24) is 14.5 Å². The summed E-state index contributed by atoms with van der Waals surface area (Å²) < 4.78 is 5.06. The Hall–Kier alpha value is -6.36. The lowest BCUT2D eigenvalue weighted by molar-refractivity contribution is 1.06. The van der Waals surface area contributed by atoms with Gasteiger partial charge in [-0.2, -0.15) is 0 Å². The number of nitrogens with zero attached hydrogens (tertiary/aromatic N) is 3. The molecule has 0 saturated heterocycles. The molecular formula is C48H33N3S. The van der Waals surface area contributed by atoms with E-state index >= 15 is 0 Å². The Morgan fingerprint density at radius 1 is 0.481 bits per heavy atom. The Morgan fingerprint density at radius 3 is 1.92 bits per heavy atom. The van der Waals surface area contributed by atoms with Crippen molar-refractivity contribution in [1.29, 1.82) is 0 Å². The van der Waals surface area contributed by atoms with Gasteiger partial charge >= 0.3 is 0 Å². The molecule has 0 aliphatic heterocycles. The number of aromatic nitrogens is 3. The Balaban J connectivity index is 1.16. The zero-order valence-electron chi connectivity index (χ0n) is 28.6. The molecule has 0 atom stereocenters. The monoisotopic (exact) mass is 683 g/mol. The molecule has 3 nitrogen and oxygen atoms in total. The SMILES string of the molecule is CCc1c(-c2ccccc2)nc(-c2ccccc2)nc1-c1cccc(-n2c3ccccc3c3cc(-c4cccc5c4sc4ccccc45)ccc32)c1. The van der Waals surface area contributed by atoms with E-state index in [9.17, 15) is 0 Å². The molecule has 52 heavy (non-hydrogen) atoms. The van der Waals surface area contributed by atoms with Gasteiger partial charge in [0.2, 0.25) is 0 Å². The van der Waals surface area contributed by atoms with Gasteiger partial charge in [-0.05, 0) is 53.9 Å². The molecule has 246 valence electrons. The average Bonchev–Trinajstić information content (AvgIpc) is 3.77. The molecule has 0 fully saturated rings. The van der Waals surface area contributed by atoms with Crippen LogP contribution in [0.25, 0.3) is 92.7 Å². The van der Waals surface area contributed by atoms with Crippen LogP contribution in [0.1, 0.15) is 12.5 Å². The summed E-state index contributed by atoms with van der Waals surface area (Å²) in [6, 6.07) is 60.8. The molecule has 10 aromatic rings. The molecule has 0 bridgehead atoms. The summed E-state index contributed by atoms with van der Waals surface area (Å²) in [6.07, 6.45) is 0.809. The maximum absolute atomic E-state index is 5.28. The first-order valence-electron chi connectivity index (χ1n) is 17.8. The second-order valence-electron chi connectivity index (χ2n) is 13.2. The predicted molar refractivity (Wildman–Crippen MR) is 220 cm³/mol. The number of hydrogen-bond acceptors (Lipinski definition) is 3. The maximum Gasteiger partial charge on any atom is 0.160 e. The summed E-state index contributed by atoms with van der Waals surface area (Å²) in [5.41, 5.74) is 12.2. The lowest BCUT2D eigenvalue weighted by Gasteiger charge is -2.16. The molecule has 7 aromatic carbocycles. The molecule has 3 aromatic heterocycles. The molecule has 0 unspecified atom stereocenters. The van der Waals surface area contributed by atoms with E-state index in [1.807, 2.05) is 29.5 Å². The molecular weight excluding hydrogens is 651 g/mol. The van der Waals surface area contributed by atoms with Crippen LogP contribution in [-0.4, -0.2) is 14.5 Å². The normalized spacial score (nSPS) is 11.6. The number of thiophene rings is 1. The van der Waals surface area contributed by atoms with Gasteiger partial charge in [0.05, 0.1) is 22.4 Å². The van der Waals surface area contributed by atoms with Gasteiger partial charge in [0.1, 0.15) is 0 Å². The Labute approximate surface area is 306 Å².